The van der Waals surface area contributed by atoms with Crippen molar-refractivity contribution >= 4 is 5.97 Å². The number of carbonyl (C=O) groups is 1. The van der Waals surface area contributed by atoms with E-state index in [2.05, 4.69) is 18.4 Å². The highest BCUT2D eigenvalue weighted by Crippen LogP contribution is 2.29. The molecule has 0 heterocycles. The molecule has 0 radical (unpaired) electrons. The molecule has 1 fully saturated rings. The quantitative estimate of drug-likeness (QED) is 0.516. The normalized spacial score (nSPS) is 23.9. The topological polar surface area (TPSA) is 29.5 Å². The Morgan fingerprint density at radius 1 is 1.33 bits per heavy atom. The number of ether oxygens (including phenoxy) is 1. The van der Waals surface area contributed by atoms with Gasteiger partial charge in [-0.3, -0.25) is 9.69 Å². The van der Waals surface area contributed by atoms with E-state index in [1.165, 1.54) is 32.1 Å². The summed E-state index contributed by atoms with van der Waals surface area (Å²) in [4.78, 5) is 13.8. The van der Waals surface area contributed by atoms with E-state index >= 15 is 0 Å². The number of rotatable bonds is 7. The summed E-state index contributed by atoms with van der Waals surface area (Å²) in [5.74, 6) is 0.770. The van der Waals surface area contributed by atoms with Crippen LogP contribution in [0, 0.1) is 5.92 Å². The van der Waals surface area contributed by atoms with E-state index < -0.39 is 0 Å². The first-order valence-corrected chi connectivity index (χ1v) is 7.21. The standard InChI is InChI=1S/C15H27NO2/c1-4-11-16(12-15(17)18-6-3)14-9-7-13(5-2)8-10-14/h4,13-14H,1,5-12H2,2-3H3. The number of esters is 1. The van der Waals surface area contributed by atoms with Crippen molar-refractivity contribution in [3.05, 3.63) is 12.7 Å². The van der Waals surface area contributed by atoms with Crippen LogP contribution in [-0.4, -0.2) is 36.6 Å². The van der Waals surface area contributed by atoms with Crippen LogP contribution < -0.4 is 0 Å². The van der Waals surface area contributed by atoms with Gasteiger partial charge in [0.05, 0.1) is 13.2 Å². The van der Waals surface area contributed by atoms with Gasteiger partial charge >= 0.3 is 5.97 Å². The second kappa shape index (κ2) is 8.30. The fourth-order valence-corrected chi connectivity index (χ4v) is 2.80. The third-order valence-electron chi connectivity index (χ3n) is 3.91. The first-order chi connectivity index (χ1) is 8.71. The predicted molar refractivity (Wildman–Crippen MR) is 74.4 cm³/mol. The molecule has 0 aromatic heterocycles. The lowest BCUT2D eigenvalue weighted by atomic mass is 9.84. The molecule has 0 bridgehead atoms. The lowest BCUT2D eigenvalue weighted by molar-refractivity contribution is -0.145. The highest BCUT2D eigenvalue weighted by Gasteiger charge is 2.25. The van der Waals surface area contributed by atoms with E-state index in [9.17, 15) is 4.79 Å². The lowest BCUT2D eigenvalue weighted by Crippen LogP contribution is -2.41. The van der Waals surface area contributed by atoms with Crippen molar-refractivity contribution in [2.45, 2.75) is 52.0 Å². The van der Waals surface area contributed by atoms with Crippen molar-refractivity contribution in [3.63, 3.8) is 0 Å². The zero-order chi connectivity index (χ0) is 13.4. The summed E-state index contributed by atoms with van der Waals surface area (Å²) < 4.78 is 5.04. The average molecular weight is 253 g/mol. The minimum absolute atomic E-state index is 0.114. The van der Waals surface area contributed by atoms with Gasteiger partial charge in [-0.1, -0.05) is 19.4 Å². The minimum Gasteiger partial charge on any atom is -0.465 e. The maximum Gasteiger partial charge on any atom is 0.320 e. The highest BCUT2D eigenvalue weighted by atomic mass is 16.5. The molecule has 18 heavy (non-hydrogen) atoms. The Kier molecular flexibility index (Phi) is 7.02. The molecule has 0 unspecified atom stereocenters. The van der Waals surface area contributed by atoms with Gasteiger partial charge in [-0.15, -0.1) is 6.58 Å². The first kappa shape index (κ1) is 15.2. The van der Waals surface area contributed by atoms with Crippen LogP contribution in [0.1, 0.15) is 46.0 Å². The Morgan fingerprint density at radius 2 is 2.00 bits per heavy atom. The molecular weight excluding hydrogens is 226 g/mol. The zero-order valence-corrected chi connectivity index (χ0v) is 11.9. The van der Waals surface area contributed by atoms with E-state index in [0.717, 1.165) is 12.5 Å². The molecule has 0 aromatic carbocycles. The summed E-state index contributed by atoms with van der Waals surface area (Å²) >= 11 is 0. The molecule has 0 aromatic rings. The fraction of sp³-hybridized carbons (Fsp3) is 0.800. The summed E-state index contributed by atoms with van der Waals surface area (Å²) in [5, 5.41) is 0. The molecule has 0 saturated heterocycles. The van der Waals surface area contributed by atoms with Crippen LogP contribution in [-0.2, 0) is 9.53 Å². The van der Waals surface area contributed by atoms with Crippen LogP contribution in [0.25, 0.3) is 0 Å². The molecule has 1 aliphatic carbocycles. The van der Waals surface area contributed by atoms with Crippen molar-refractivity contribution in [1.82, 2.24) is 4.90 Å². The van der Waals surface area contributed by atoms with Crippen LogP contribution in [0.2, 0.25) is 0 Å². The number of nitrogens with zero attached hydrogens (tertiary/aromatic N) is 1. The molecule has 3 heteroatoms. The van der Waals surface area contributed by atoms with Crippen LogP contribution >= 0.6 is 0 Å². The Bertz CT molecular complexity index is 257. The smallest absolute Gasteiger partial charge is 0.320 e. The Morgan fingerprint density at radius 3 is 2.50 bits per heavy atom. The van der Waals surface area contributed by atoms with Crippen molar-refractivity contribution in [3.8, 4) is 0 Å². The van der Waals surface area contributed by atoms with E-state index in [4.69, 9.17) is 4.74 Å². The third-order valence-corrected chi connectivity index (χ3v) is 3.91. The summed E-state index contributed by atoms with van der Waals surface area (Å²) in [6, 6.07) is 0.523. The van der Waals surface area contributed by atoms with E-state index in [0.29, 0.717) is 19.2 Å². The van der Waals surface area contributed by atoms with Gasteiger partial charge in [-0.25, -0.2) is 0 Å². The number of hydrogen-bond acceptors (Lipinski definition) is 3. The van der Waals surface area contributed by atoms with Crippen LogP contribution in [0.3, 0.4) is 0 Å². The predicted octanol–water partition coefficient (Wildman–Crippen LogP) is 3.01. The third kappa shape index (κ3) is 4.81. The Labute approximate surface area is 111 Å². The molecule has 1 saturated carbocycles. The molecule has 0 amide bonds. The molecule has 1 aliphatic rings. The van der Waals surface area contributed by atoms with Gasteiger partial charge in [-0.05, 0) is 38.5 Å². The van der Waals surface area contributed by atoms with Gasteiger partial charge < -0.3 is 4.74 Å². The second-order valence-corrected chi connectivity index (χ2v) is 5.11. The summed E-state index contributed by atoms with van der Waals surface area (Å²) in [5.41, 5.74) is 0. The highest BCUT2D eigenvalue weighted by molar-refractivity contribution is 5.71. The largest absolute Gasteiger partial charge is 0.465 e. The molecule has 0 atom stereocenters. The molecule has 0 N–H and O–H groups in total. The molecule has 0 spiro atoms. The zero-order valence-electron chi connectivity index (χ0n) is 11.9. The molecule has 3 nitrogen and oxygen atoms in total. The summed E-state index contributed by atoms with van der Waals surface area (Å²) in [6.45, 7) is 9.55. The van der Waals surface area contributed by atoms with Gasteiger partial charge in [0.15, 0.2) is 0 Å². The van der Waals surface area contributed by atoms with Gasteiger partial charge in [0, 0.05) is 12.6 Å². The molecular formula is C15H27NO2. The molecule has 1 rings (SSSR count). The monoisotopic (exact) mass is 253 g/mol. The van der Waals surface area contributed by atoms with Gasteiger partial charge in [0.1, 0.15) is 0 Å². The van der Waals surface area contributed by atoms with Gasteiger partial charge in [0.25, 0.3) is 0 Å². The Hall–Kier alpha value is -0.830. The van der Waals surface area contributed by atoms with Crippen molar-refractivity contribution < 1.29 is 9.53 Å². The number of carbonyl (C=O) groups excluding carboxylic acids is 1. The van der Waals surface area contributed by atoms with Crippen LogP contribution in [0.15, 0.2) is 12.7 Å². The van der Waals surface area contributed by atoms with Gasteiger partial charge in [0.2, 0.25) is 0 Å². The maximum absolute atomic E-state index is 11.6. The van der Waals surface area contributed by atoms with E-state index in [1.54, 1.807) is 0 Å². The number of hydrogen-bond donors (Lipinski definition) is 0. The maximum atomic E-state index is 11.6. The summed E-state index contributed by atoms with van der Waals surface area (Å²) in [7, 11) is 0. The minimum atomic E-state index is -0.114. The lowest BCUT2D eigenvalue weighted by Gasteiger charge is -2.35. The van der Waals surface area contributed by atoms with E-state index in [1.807, 2.05) is 13.0 Å². The van der Waals surface area contributed by atoms with Crippen LogP contribution in [0.5, 0.6) is 0 Å². The second-order valence-electron chi connectivity index (χ2n) is 5.11. The molecule has 0 aliphatic heterocycles. The van der Waals surface area contributed by atoms with Crippen LogP contribution in [0.4, 0.5) is 0 Å². The van der Waals surface area contributed by atoms with Gasteiger partial charge in [-0.2, -0.15) is 0 Å². The van der Waals surface area contributed by atoms with E-state index in [-0.39, 0.29) is 5.97 Å². The Balaban J connectivity index is 2.46. The van der Waals surface area contributed by atoms with Crippen molar-refractivity contribution in [1.29, 1.82) is 0 Å². The summed E-state index contributed by atoms with van der Waals surface area (Å²) in [6.07, 6.45) is 8.14. The van der Waals surface area contributed by atoms with Crippen molar-refractivity contribution in [2.24, 2.45) is 5.92 Å². The van der Waals surface area contributed by atoms with Crippen molar-refractivity contribution in [2.75, 3.05) is 19.7 Å². The first-order valence-electron chi connectivity index (χ1n) is 7.21. The SMILES string of the molecule is C=CCN(CC(=O)OCC)C1CCC(CC)CC1. The molecule has 104 valence electrons. The fourth-order valence-electron chi connectivity index (χ4n) is 2.80. The average Bonchev–Trinajstić information content (AvgIpc) is 2.39.